The van der Waals surface area contributed by atoms with Crippen molar-refractivity contribution in [3.63, 3.8) is 0 Å². The van der Waals surface area contributed by atoms with Gasteiger partial charge in [0.15, 0.2) is 0 Å². The van der Waals surface area contributed by atoms with E-state index in [1.807, 2.05) is 6.08 Å². The van der Waals surface area contributed by atoms with Crippen LogP contribution in [0.1, 0.15) is 36.8 Å². The van der Waals surface area contributed by atoms with E-state index in [0.29, 0.717) is 39.8 Å². The summed E-state index contributed by atoms with van der Waals surface area (Å²) in [5, 5.41) is 3.18. The van der Waals surface area contributed by atoms with Gasteiger partial charge in [0.25, 0.3) is 0 Å². The van der Waals surface area contributed by atoms with Crippen molar-refractivity contribution in [2.75, 3.05) is 11.9 Å². The van der Waals surface area contributed by atoms with Crippen molar-refractivity contribution >= 4 is 28.3 Å². The van der Waals surface area contributed by atoms with Crippen molar-refractivity contribution in [3.05, 3.63) is 59.8 Å². The molecule has 1 aliphatic heterocycles. The number of benzene rings is 1. The summed E-state index contributed by atoms with van der Waals surface area (Å²) in [4.78, 5) is 16.1. The number of hydrazine groups is 1. The number of alkyl halides is 3. The Bertz CT molecular complexity index is 1120. The number of nitrogens with zero attached hydrogens (tertiary/aromatic N) is 3. The van der Waals surface area contributed by atoms with Crippen molar-refractivity contribution in [3.8, 4) is 0 Å². The second-order valence-electron chi connectivity index (χ2n) is 6.79. The largest absolute Gasteiger partial charge is 0.416 e. The van der Waals surface area contributed by atoms with Gasteiger partial charge in [0.1, 0.15) is 5.82 Å². The van der Waals surface area contributed by atoms with E-state index in [9.17, 15) is 13.2 Å². The summed E-state index contributed by atoms with van der Waals surface area (Å²) in [6.45, 7) is 2.89. The number of fused-ring (bicyclic) bond motifs is 1. The Labute approximate surface area is 170 Å². The van der Waals surface area contributed by atoms with Gasteiger partial charge in [0.2, 0.25) is 5.95 Å². The Morgan fingerprint density at radius 2 is 2.00 bits per heavy atom. The molecule has 0 atom stereocenters. The maximum Gasteiger partial charge on any atom is 0.416 e. The van der Waals surface area contributed by atoms with Gasteiger partial charge in [-0.25, -0.2) is 15.0 Å². The van der Waals surface area contributed by atoms with Gasteiger partial charge in [-0.3, -0.25) is 5.43 Å². The molecule has 4 rings (SSSR count). The van der Waals surface area contributed by atoms with Crippen LogP contribution in [-0.2, 0) is 6.18 Å². The quantitative estimate of drug-likeness (QED) is 0.454. The highest BCUT2D eigenvalue weighted by Gasteiger charge is 2.30. The third-order valence-electron chi connectivity index (χ3n) is 4.56. The highest BCUT2D eigenvalue weighted by atomic mass is 19.4. The zero-order chi connectivity index (χ0) is 21.1. The number of imidazole rings is 1. The second-order valence-corrected chi connectivity index (χ2v) is 6.79. The standard InChI is InChI=1S/C20H20F3N7/c1-2-3-7-24-19-25-8-6-15(29-19)17-9-12(11-26-30-17)18-27-14-5-4-13(20(21,22)23)10-16(14)28-18/h4-6,8-11,26,30H,2-3,7H2,1H3,(H,27,28)(H,24,25,29). The minimum absolute atomic E-state index is 0.318. The summed E-state index contributed by atoms with van der Waals surface area (Å²) >= 11 is 0. The molecule has 0 saturated carbocycles. The number of aromatic nitrogens is 4. The molecule has 10 heteroatoms. The molecule has 0 radical (unpaired) electrons. The summed E-state index contributed by atoms with van der Waals surface area (Å²) < 4.78 is 38.9. The Balaban J connectivity index is 1.60. The predicted molar refractivity (Wildman–Crippen MR) is 109 cm³/mol. The predicted octanol–water partition coefficient (Wildman–Crippen LogP) is 4.07. The summed E-state index contributed by atoms with van der Waals surface area (Å²) in [5.41, 5.74) is 8.03. The average molecular weight is 415 g/mol. The van der Waals surface area contributed by atoms with Crippen molar-refractivity contribution < 1.29 is 13.2 Å². The molecular formula is C20H20F3N7. The highest BCUT2D eigenvalue weighted by Crippen LogP contribution is 2.31. The Morgan fingerprint density at radius 1 is 1.13 bits per heavy atom. The minimum Gasteiger partial charge on any atom is -0.354 e. The molecule has 156 valence electrons. The number of H-pyrrole nitrogens is 1. The Hall–Kier alpha value is -3.56. The van der Waals surface area contributed by atoms with Crippen LogP contribution in [0.4, 0.5) is 19.1 Å². The molecule has 0 unspecified atom stereocenters. The average Bonchev–Trinajstić information content (AvgIpc) is 3.17. The number of nitrogens with one attached hydrogen (secondary N) is 4. The maximum atomic E-state index is 13.0. The number of anilines is 1. The normalized spacial score (nSPS) is 14.0. The van der Waals surface area contributed by atoms with Crippen LogP contribution in [-0.4, -0.2) is 26.5 Å². The number of hydrogen-bond acceptors (Lipinski definition) is 6. The topological polar surface area (TPSA) is 90.5 Å². The van der Waals surface area contributed by atoms with Gasteiger partial charge >= 0.3 is 6.18 Å². The van der Waals surface area contributed by atoms with E-state index in [2.05, 4.69) is 43.0 Å². The first kappa shape index (κ1) is 19.7. The van der Waals surface area contributed by atoms with Crippen molar-refractivity contribution in [2.24, 2.45) is 0 Å². The number of allylic oxidation sites excluding steroid dienone is 2. The first-order valence-corrected chi connectivity index (χ1v) is 9.52. The first-order valence-electron chi connectivity index (χ1n) is 9.52. The molecule has 0 fully saturated rings. The van der Waals surface area contributed by atoms with Gasteiger partial charge in [-0.15, -0.1) is 0 Å². The van der Waals surface area contributed by atoms with Gasteiger partial charge in [0.05, 0.1) is 28.0 Å². The molecule has 4 N–H and O–H groups in total. The van der Waals surface area contributed by atoms with Crippen LogP contribution in [0, 0.1) is 0 Å². The van der Waals surface area contributed by atoms with E-state index < -0.39 is 11.7 Å². The van der Waals surface area contributed by atoms with Crippen LogP contribution in [0.15, 0.2) is 42.7 Å². The Kier molecular flexibility index (Phi) is 5.30. The van der Waals surface area contributed by atoms with Gasteiger partial charge in [-0.05, 0) is 36.8 Å². The lowest BCUT2D eigenvalue weighted by atomic mass is 10.1. The zero-order valence-corrected chi connectivity index (χ0v) is 16.1. The summed E-state index contributed by atoms with van der Waals surface area (Å²) in [6, 6.07) is 5.21. The van der Waals surface area contributed by atoms with Crippen molar-refractivity contribution in [1.29, 1.82) is 0 Å². The third-order valence-corrected chi connectivity index (χ3v) is 4.56. The molecule has 3 aromatic rings. The molecule has 30 heavy (non-hydrogen) atoms. The number of halogens is 3. The lowest BCUT2D eigenvalue weighted by molar-refractivity contribution is -0.137. The zero-order valence-electron chi connectivity index (χ0n) is 16.1. The molecule has 1 aliphatic rings. The molecule has 2 aromatic heterocycles. The SMILES string of the molecule is CCCCNc1nccc(C2=CC(c3nc4ccc(C(F)(F)F)cc4[nH]3)=CNN2)n1. The monoisotopic (exact) mass is 415 g/mol. The molecule has 7 nitrogen and oxygen atoms in total. The van der Waals surface area contributed by atoms with Crippen LogP contribution in [0.2, 0.25) is 0 Å². The molecule has 0 bridgehead atoms. The lowest BCUT2D eigenvalue weighted by Crippen LogP contribution is -2.29. The maximum absolute atomic E-state index is 13.0. The Morgan fingerprint density at radius 3 is 2.80 bits per heavy atom. The van der Waals surface area contributed by atoms with E-state index in [4.69, 9.17) is 0 Å². The van der Waals surface area contributed by atoms with Gasteiger partial charge in [-0.2, -0.15) is 13.2 Å². The second kappa shape index (κ2) is 8.05. The smallest absolute Gasteiger partial charge is 0.354 e. The molecule has 0 amide bonds. The number of unbranched alkanes of at least 4 members (excludes halogenated alkanes) is 1. The van der Waals surface area contributed by atoms with E-state index in [1.165, 1.54) is 6.07 Å². The summed E-state index contributed by atoms with van der Waals surface area (Å²) in [7, 11) is 0. The van der Waals surface area contributed by atoms with Crippen molar-refractivity contribution in [1.82, 2.24) is 30.8 Å². The highest BCUT2D eigenvalue weighted by molar-refractivity contribution is 5.86. The minimum atomic E-state index is -4.40. The number of rotatable bonds is 6. The van der Waals surface area contributed by atoms with E-state index >= 15 is 0 Å². The number of aromatic amines is 1. The molecular weight excluding hydrogens is 395 g/mol. The van der Waals surface area contributed by atoms with Crippen LogP contribution in [0.25, 0.3) is 22.3 Å². The fraction of sp³-hybridized carbons (Fsp3) is 0.250. The van der Waals surface area contributed by atoms with E-state index in [-0.39, 0.29) is 0 Å². The van der Waals surface area contributed by atoms with E-state index in [0.717, 1.165) is 31.5 Å². The first-order chi connectivity index (χ1) is 14.4. The van der Waals surface area contributed by atoms with Crippen LogP contribution in [0.5, 0.6) is 0 Å². The molecule has 0 aliphatic carbocycles. The van der Waals surface area contributed by atoms with Crippen LogP contribution < -0.4 is 16.2 Å². The molecule has 1 aromatic carbocycles. The van der Waals surface area contributed by atoms with Gasteiger partial charge in [0, 0.05) is 24.5 Å². The fourth-order valence-corrected chi connectivity index (χ4v) is 2.99. The van der Waals surface area contributed by atoms with Crippen molar-refractivity contribution in [2.45, 2.75) is 25.9 Å². The van der Waals surface area contributed by atoms with Crippen LogP contribution in [0.3, 0.4) is 0 Å². The third kappa shape index (κ3) is 4.22. The summed E-state index contributed by atoms with van der Waals surface area (Å²) in [6.07, 6.45) is 2.84. The molecule has 3 heterocycles. The number of hydrogen-bond donors (Lipinski definition) is 4. The van der Waals surface area contributed by atoms with E-state index in [1.54, 1.807) is 18.5 Å². The van der Waals surface area contributed by atoms with Crippen LogP contribution >= 0.6 is 0 Å². The molecule has 0 spiro atoms. The lowest BCUT2D eigenvalue weighted by Gasteiger charge is -2.16. The summed E-state index contributed by atoms with van der Waals surface area (Å²) in [5.74, 6) is 0.981. The van der Waals surface area contributed by atoms with Gasteiger partial charge in [-0.1, -0.05) is 13.3 Å². The fourth-order valence-electron chi connectivity index (χ4n) is 2.99. The van der Waals surface area contributed by atoms with Gasteiger partial charge < -0.3 is 15.7 Å². The molecule has 0 saturated heterocycles.